The Morgan fingerprint density at radius 3 is 2.64 bits per heavy atom. The summed E-state index contributed by atoms with van der Waals surface area (Å²) in [6.45, 7) is 2.24. The van der Waals surface area contributed by atoms with Gasteiger partial charge in [0, 0.05) is 0 Å². The smallest absolute Gasteiger partial charge is 0.0869 e. The minimum Gasteiger partial charge on any atom is -0.369 e. The molecule has 0 spiro atoms. The van der Waals surface area contributed by atoms with Crippen molar-refractivity contribution in [1.82, 2.24) is 0 Å². The van der Waals surface area contributed by atoms with Gasteiger partial charge in [-0.05, 0) is 25.2 Å². The van der Waals surface area contributed by atoms with Crippen LogP contribution in [0.2, 0.25) is 0 Å². The van der Waals surface area contributed by atoms with E-state index in [2.05, 4.69) is 6.92 Å². The van der Waals surface area contributed by atoms with Gasteiger partial charge in [-0.3, -0.25) is 0 Å². The molecule has 1 heteroatoms. The summed E-state index contributed by atoms with van der Waals surface area (Å²) >= 11 is 0. The number of epoxide rings is 1. The maximum atomic E-state index is 5.64. The molecule has 1 saturated heterocycles. The van der Waals surface area contributed by atoms with Crippen LogP contribution in [0.4, 0.5) is 0 Å². The maximum absolute atomic E-state index is 5.64. The van der Waals surface area contributed by atoms with Crippen LogP contribution in [0.25, 0.3) is 0 Å². The van der Waals surface area contributed by atoms with Crippen molar-refractivity contribution in [2.24, 2.45) is 5.92 Å². The van der Waals surface area contributed by atoms with Crippen molar-refractivity contribution < 1.29 is 4.74 Å². The molecule has 0 bridgehead atoms. The summed E-state index contributed by atoms with van der Waals surface area (Å²) in [7, 11) is 0. The number of hydrogen-bond acceptors (Lipinski definition) is 1. The molecule has 2 unspecified atom stereocenters. The third-order valence-corrected chi connectivity index (χ3v) is 3.06. The highest BCUT2D eigenvalue weighted by atomic mass is 16.6. The fourth-order valence-corrected chi connectivity index (χ4v) is 2.37. The van der Waals surface area contributed by atoms with E-state index in [1.54, 1.807) is 0 Å². The van der Waals surface area contributed by atoms with Crippen molar-refractivity contribution >= 4 is 0 Å². The average molecular weight is 154 g/mol. The van der Waals surface area contributed by atoms with Crippen molar-refractivity contribution in [3.63, 3.8) is 0 Å². The van der Waals surface area contributed by atoms with Crippen LogP contribution in [0.5, 0.6) is 0 Å². The van der Waals surface area contributed by atoms with E-state index in [-0.39, 0.29) is 0 Å². The van der Waals surface area contributed by atoms with Crippen LogP contribution in [-0.2, 0) is 4.74 Å². The van der Waals surface area contributed by atoms with Gasteiger partial charge in [0.25, 0.3) is 0 Å². The van der Waals surface area contributed by atoms with Gasteiger partial charge in [0.2, 0.25) is 0 Å². The molecule has 11 heavy (non-hydrogen) atoms. The number of ether oxygens (including phenoxy) is 1. The lowest BCUT2D eigenvalue weighted by atomic mass is 10.0. The summed E-state index contributed by atoms with van der Waals surface area (Å²) < 4.78 is 5.64. The molecule has 0 aromatic heterocycles. The molecule has 64 valence electrons. The van der Waals surface area contributed by atoms with Crippen molar-refractivity contribution in [3.8, 4) is 0 Å². The van der Waals surface area contributed by atoms with Crippen molar-refractivity contribution in [1.29, 1.82) is 0 Å². The first-order chi connectivity index (χ1) is 5.42. The van der Waals surface area contributed by atoms with E-state index in [9.17, 15) is 0 Å². The van der Waals surface area contributed by atoms with Gasteiger partial charge in [-0.1, -0.05) is 26.2 Å². The number of rotatable bonds is 3. The lowest BCUT2D eigenvalue weighted by Gasteiger charge is -2.02. The molecule has 2 atom stereocenters. The van der Waals surface area contributed by atoms with Crippen LogP contribution in [0.1, 0.15) is 45.4 Å². The Morgan fingerprint density at radius 1 is 1.27 bits per heavy atom. The molecule has 0 aromatic carbocycles. The van der Waals surface area contributed by atoms with Gasteiger partial charge in [0.15, 0.2) is 0 Å². The Morgan fingerprint density at radius 2 is 2.00 bits per heavy atom. The normalized spacial score (nSPS) is 37.9. The summed E-state index contributed by atoms with van der Waals surface area (Å²) in [5.41, 5.74) is 0. The van der Waals surface area contributed by atoms with Gasteiger partial charge < -0.3 is 4.74 Å². The third-order valence-electron chi connectivity index (χ3n) is 3.06. The molecule has 1 nitrogen and oxygen atoms in total. The van der Waals surface area contributed by atoms with Gasteiger partial charge in [-0.25, -0.2) is 0 Å². The molecule has 1 heterocycles. The molecule has 1 aliphatic heterocycles. The first-order valence-corrected chi connectivity index (χ1v) is 5.07. The van der Waals surface area contributed by atoms with Gasteiger partial charge in [0.1, 0.15) is 0 Å². The zero-order chi connectivity index (χ0) is 7.68. The van der Waals surface area contributed by atoms with E-state index in [1.807, 2.05) is 0 Å². The molecule has 0 N–H and O–H groups in total. The molecule has 2 rings (SSSR count). The predicted molar refractivity (Wildman–Crippen MR) is 45.5 cm³/mol. The van der Waals surface area contributed by atoms with Crippen molar-refractivity contribution in [2.45, 2.75) is 57.7 Å². The van der Waals surface area contributed by atoms with E-state index in [0.717, 1.165) is 5.92 Å². The first-order valence-electron chi connectivity index (χ1n) is 5.07. The SMILES string of the molecule is CCCC1OC1C1CCCC1. The summed E-state index contributed by atoms with van der Waals surface area (Å²) in [6.07, 6.45) is 9.68. The topological polar surface area (TPSA) is 12.5 Å². The quantitative estimate of drug-likeness (QED) is 0.569. The van der Waals surface area contributed by atoms with Gasteiger partial charge in [0.05, 0.1) is 12.2 Å². The molecule has 2 fully saturated rings. The third kappa shape index (κ3) is 1.58. The molecule has 0 radical (unpaired) electrons. The van der Waals surface area contributed by atoms with Crippen molar-refractivity contribution in [2.75, 3.05) is 0 Å². The molecule has 1 aliphatic carbocycles. The van der Waals surface area contributed by atoms with E-state index in [4.69, 9.17) is 4.74 Å². The monoisotopic (exact) mass is 154 g/mol. The Balaban J connectivity index is 1.72. The summed E-state index contributed by atoms with van der Waals surface area (Å²) in [4.78, 5) is 0. The minimum absolute atomic E-state index is 0.656. The van der Waals surface area contributed by atoms with E-state index in [0.29, 0.717) is 12.2 Å². The van der Waals surface area contributed by atoms with Gasteiger partial charge in [-0.15, -0.1) is 0 Å². The number of hydrogen-bond donors (Lipinski definition) is 0. The van der Waals surface area contributed by atoms with E-state index in [1.165, 1.54) is 38.5 Å². The van der Waals surface area contributed by atoms with E-state index >= 15 is 0 Å². The summed E-state index contributed by atoms with van der Waals surface area (Å²) in [5.74, 6) is 0.937. The second kappa shape index (κ2) is 3.14. The molecular weight excluding hydrogens is 136 g/mol. The average Bonchev–Trinajstić information content (AvgIpc) is 2.61. The molecule has 0 amide bonds. The second-order valence-corrected chi connectivity index (χ2v) is 3.97. The zero-order valence-electron chi connectivity index (χ0n) is 7.38. The van der Waals surface area contributed by atoms with E-state index < -0.39 is 0 Å². The molecule has 1 saturated carbocycles. The highest BCUT2D eigenvalue weighted by Crippen LogP contribution is 2.40. The van der Waals surface area contributed by atoms with Crippen LogP contribution < -0.4 is 0 Å². The van der Waals surface area contributed by atoms with Crippen LogP contribution in [0.15, 0.2) is 0 Å². The Kier molecular flexibility index (Phi) is 2.17. The molecule has 0 aromatic rings. The first kappa shape index (κ1) is 7.60. The summed E-state index contributed by atoms with van der Waals surface area (Å²) in [5, 5.41) is 0. The molecule has 2 aliphatic rings. The van der Waals surface area contributed by atoms with Crippen molar-refractivity contribution in [3.05, 3.63) is 0 Å². The van der Waals surface area contributed by atoms with Gasteiger partial charge in [-0.2, -0.15) is 0 Å². The largest absolute Gasteiger partial charge is 0.369 e. The fourth-order valence-electron chi connectivity index (χ4n) is 2.37. The minimum atomic E-state index is 0.656. The Bertz CT molecular complexity index is 127. The Labute approximate surface area is 69.1 Å². The highest BCUT2D eigenvalue weighted by molar-refractivity contribution is 4.91. The van der Waals surface area contributed by atoms with Crippen LogP contribution in [0.3, 0.4) is 0 Å². The predicted octanol–water partition coefficient (Wildman–Crippen LogP) is 2.74. The van der Waals surface area contributed by atoms with Gasteiger partial charge >= 0.3 is 0 Å². The molecular formula is C10H18O. The van der Waals surface area contributed by atoms with Crippen LogP contribution in [-0.4, -0.2) is 12.2 Å². The highest BCUT2D eigenvalue weighted by Gasteiger charge is 2.44. The maximum Gasteiger partial charge on any atom is 0.0869 e. The standard InChI is InChI=1S/C10H18O/c1-2-5-9-10(11-9)8-6-3-4-7-8/h8-10H,2-7H2,1H3. The zero-order valence-corrected chi connectivity index (χ0v) is 7.38. The lowest BCUT2D eigenvalue weighted by Crippen LogP contribution is -2.05. The lowest BCUT2D eigenvalue weighted by molar-refractivity contribution is 0.314. The fraction of sp³-hybridized carbons (Fsp3) is 1.00. The second-order valence-electron chi connectivity index (χ2n) is 3.97. The van der Waals surface area contributed by atoms with Crippen LogP contribution in [0, 0.1) is 5.92 Å². The summed E-state index contributed by atoms with van der Waals surface area (Å²) in [6, 6.07) is 0. The van der Waals surface area contributed by atoms with Crippen LogP contribution >= 0.6 is 0 Å². The Hall–Kier alpha value is -0.0400.